The highest BCUT2D eigenvalue weighted by Gasteiger charge is 2.29. The first-order chi connectivity index (χ1) is 17.5. The minimum absolute atomic E-state index is 0.0367. The maximum atomic E-state index is 12.3. The zero-order valence-electron chi connectivity index (χ0n) is 21.6. The Morgan fingerprint density at radius 3 is 2.33 bits per heavy atom. The van der Waals surface area contributed by atoms with Gasteiger partial charge in [0.15, 0.2) is 0 Å². The number of nitrogens with one attached hydrogen (secondary N) is 2. The van der Waals surface area contributed by atoms with Gasteiger partial charge in [-0.3, -0.25) is 4.79 Å². The van der Waals surface area contributed by atoms with E-state index >= 15 is 0 Å². The lowest BCUT2D eigenvalue weighted by Gasteiger charge is -2.29. The van der Waals surface area contributed by atoms with E-state index in [0.717, 1.165) is 19.3 Å². The smallest absolute Gasteiger partial charge is 0.407 e. The highest BCUT2D eigenvalue weighted by atomic mass is 16.5. The number of hydrogen-bond acceptors (Lipinski definition) is 4. The predicted molar refractivity (Wildman–Crippen MR) is 142 cm³/mol. The number of carbonyl (C=O) groups excluding carboxylic acids is 2. The summed E-state index contributed by atoms with van der Waals surface area (Å²) in [4.78, 5) is 24.5. The van der Waals surface area contributed by atoms with Crippen molar-refractivity contribution in [2.24, 2.45) is 11.8 Å². The molecule has 3 atom stereocenters. The number of ether oxygens (including phenoxy) is 2. The molecule has 0 spiro atoms. The van der Waals surface area contributed by atoms with Crippen molar-refractivity contribution in [1.29, 1.82) is 0 Å². The molecule has 2 aromatic rings. The monoisotopic (exact) mass is 492 g/mol. The van der Waals surface area contributed by atoms with Gasteiger partial charge in [0.2, 0.25) is 5.91 Å². The molecule has 0 aliphatic heterocycles. The van der Waals surface area contributed by atoms with Crippen molar-refractivity contribution in [2.45, 2.75) is 63.9 Å². The SMILES string of the molecule is COC1CCC[C@@H](C[C@@H](C)CCC(=O)NCCNC(=O)OCC2c3ccccc3-c3ccccc32)C1. The minimum atomic E-state index is -0.457. The Kier molecular flexibility index (Phi) is 9.40. The van der Waals surface area contributed by atoms with Crippen molar-refractivity contribution < 1.29 is 19.1 Å². The number of fused-ring (bicyclic) bond motifs is 3. The first kappa shape index (κ1) is 26.2. The number of benzene rings is 2. The van der Waals surface area contributed by atoms with Crippen molar-refractivity contribution in [3.63, 3.8) is 0 Å². The molecule has 1 saturated carbocycles. The van der Waals surface area contributed by atoms with Crippen LogP contribution in [-0.4, -0.2) is 44.9 Å². The lowest BCUT2D eigenvalue weighted by Crippen LogP contribution is -2.35. The molecular weight excluding hydrogens is 452 g/mol. The standard InChI is InChI=1S/C30H40N2O4/c1-21(18-22-8-7-9-23(19-22)35-2)14-15-29(33)31-16-17-32-30(34)36-20-28-26-12-5-3-10-24(26)25-11-4-6-13-27(25)28/h3-6,10-13,21-23,28H,7-9,14-20H2,1-2H3,(H,31,33)(H,32,34)/t21-,22-,23?/m0/s1. The summed E-state index contributed by atoms with van der Waals surface area (Å²) >= 11 is 0. The normalized spacial score (nSPS) is 19.7. The molecule has 4 rings (SSSR count). The van der Waals surface area contributed by atoms with Crippen molar-refractivity contribution in [2.75, 3.05) is 26.8 Å². The number of amides is 2. The number of rotatable bonds is 11. The predicted octanol–water partition coefficient (Wildman–Crippen LogP) is 5.65. The molecule has 2 aromatic carbocycles. The summed E-state index contributed by atoms with van der Waals surface area (Å²) in [6.45, 7) is 3.27. The van der Waals surface area contributed by atoms with Crippen molar-refractivity contribution in [3.8, 4) is 11.1 Å². The summed E-state index contributed by atoms with van der Waals surface area (Å²) in [6, 6.07) is 16.5. The van der Waals surface area contributed by atoms with Gasteiger partial charge >= 0.3 is 6.09 Å². The van der Waals surface area contributed by atoms with E-state index in [1.165, 1.54) is 41.5 Å². The highest BCUT2D eigenvalue weighted by Crippen LogP contribution is 2.44. The van der Waals surface area contributed by atoms with Crippen LogP contribution in [0.1, 0.15) is 68.9 Å². The van der Waals surface area contributed by atoms with E-state index in [9.17, 15) is 9.59 Å². The Bertz CT molecular complexity index is 978. The van der Waals surface area contributed by atoms with E-state index < -0.39 is 6.09 Å². The fourth-order valence-electron chi connectivity index (χ4n) is 5.84. The van der Waals surface area contributed by atoms with Gasteiger partial charge in [-0.1, -0.05) is 68.3 Å². The van der Waals surface area contributed by atoms with Crippen molar-refractivity contribution in [3.05, 3.63) is 59.7 Å². The maximum Gasteiger partial charge on any atom is 0.407 e. The van der Waals surface area contributed by atoms with Gasteiger partial charge in [-0.15, -0.1) is 0 Å². The summed E-state index contributed by atoms with van der Waals surface area (Å²) in [5.41, 5.74) is 4.79. The minimum Gasteiger partial charge on any atom is -0.449 e. The zero-order chi connectivity index (χ0) is 25.3. The van der Waals surface area contributed by atoms with Crippen LogP contribution in [0.2, 0.25) is 0 Å². The van der Waals surface area contributed by atoms with Crippen LogP contribution in [0.3, 0.4) is 0 Å². The van der Waals surface area contributed by atoms with Crippen LogP contribution in [0.25, 0.3) is 11.1 Å². The van der Waals surface area contributed by atoms with E-state index in [0.29, 0.717) is 37.5 Å². The summed E-state index contributed by atoms with van der Waals surface area (Å²) in [6.07, 6.45) is 7.36. The second-order valence-corrected chi connectivity index (χ2v) is 10.4. The van der Waals surface area contributed by atoms with Crippen molar-refractivity contribution in [1.82, 2.24) is 10.6 Å². The van der Waals surface area contributed by atoms with E-state index in [2.05, 4.69) is 41.8 Å². The van der Waals surface area contributed by atoms with Gasteiger partial charge in [0.25, 0.3) is 0 Å². The van der Waals surface area contributed by atoms with Gasteiger partial charge in [0.05, 0.1) is 6.10 Å². The second-order valence-electron chi connectivity index (χ2n) is 10.4. The number of alkyl carbamates (subject to hydrolysis) is 1. The molecule has 0 saturated heterocycles. The van der Waals surface area contributed by atoms with Crippen LogP contribution in [0.15, 0.2) is 48.5 Å². The number of methoxy groups -OCH3 is 1. The average molecular weight is 493 g/mol. The maximum absolute atomic E-state index is 12.3. The fourth-order valence-corrected chi connectivity index (χ4v) is 5.84. The molecule has 194 valence electrons. The molecule has 0 heterocycles. The van der Waals surface area contributed by atoms with E-state index in [-0.39, 0.29) is 18.4 Å². The molecule has 6 nitrogen and oxygen atoms in total. The van der Waals surface area contributed by atoms with E-state index in [1.54, 1.807) is 0 Å². The molecule has 2 aliphatic carbocycles. The van der Waals surface area contributed by atoms with Crippen molar-refractivity contribution >= 4 is 12.0 Å². The summed E-state index contributed by atoms with van der Waals surface area (Å²) < 4.78 is 11.1. The summed E-state index contributed by atoms with van der Waals surface area (Å²) in [5.74, 6) is 1.31. The molecule has 2 aliphatic rings. The van der Waals surface area contributed by atoms with E-state index in [4.69, 9.17) is 9.47 Å². The Labute approximate surface area is 215 Å². The lowest BCUT2D eigenvalue weighted by molar-refractivity contribution is -0.121. The van der Waals surface area contributed by atoms with Gasteiger partial charge in [-0.05, 0) is 59.8 Å². The van der Waals surface area contributed by atoms with Gasteiger partial charge in [0.1, 0.15) is 6.61 Å². The molecule has 1 unspecified atom stereocenters. The molecule has 6 heteroatoms. The van der Waals surface area contributed by atoms with E-state index in [1.807, 2.05) is 31.4 Å². The summed E-state index contributed by atoms with van der Waals surface area (Å²) in [5, 5.41) is 5.66. The van der Waals surface area contributed by atoms with Crippen LogP contribution in [0.5, 0.6) is 0 Å². The van der Waals surface area contributed by atoms with Gasteiger partial charge < -0.3 is 20.1 Å². The summed E-state index contributed by atoms with van der Waals surface area (Å²) in [7, 11) is 1.81. The Morgan fingerprint density at radius 1 is 0.972 bits per heavy atom. The quantitative estimate of drug-likeness (QED) is 0.397. The first-order valence-corrected chi connectivity index (χ1v) is 13.4. The largest absolute Gasteiger partial charge is 0.449 e. The lowest BCUT2D eigenvalue weighted by atomic mass is 9.81. The zero-order valence-corrected chi connectivity index (χ0v) is 21.6. The van der Waals surface area contributed by atoms with Gasteiger partial charge in [-0.2, -0.15) is 0 Å². The molecule has 0 radical (unpaired) electrons. The molecule has 2 N–H and O–H groups in total. The topological polar surface area (TPSA) is 76.7 Å². The fraction of sp³-hybridized carbons (Fsp3) is 0.533. The average Bonchev–Trinajstić information content (AvgIpc) is 3.22. The number of carbonyl (C=O) groups is 2. The highest BCUT2D eigenvalue weighted by molar-refractivity contribution is 5.79. The van der Waals surface area contributed by atoms with Crippen LogP contribution < -0.4 is 10.6 Å². The van der Waals surface area contributed by atoms with Gasteiger partial charge in [-0.25, -0.2) is 4.79 Å². The third-order valence-electron chi connectivity index (χ3n) is 7.73. The second kappa shape index (κ2) is 12.9. The molecule has 2 amide bonds. The van der Waals surface area contributed by atoms with Crippen LogP contribution in [0, 0.1) is 11.8 Å². The van der Waals surface area contributed by atoms with Gasteiger partial charge in [0, 0.05) is 32.5 Å². The third-order valence-corrected chi connectivity index (χ3v) is 7.73. The first-order valence-electron chi connectivity index (χ1n) is 13.4. The van der Waals surface area contributed by atoms with Crippen LogP contribution >= 0.6 is 0 Å². The Morgan fingerprint density at radius 2 is 1.64 bits per heavy atom. The van der Waals surface area contributed by atoms with Crippen LogP contribution in [-0.2, 0) is 14.3 Å². The van der Waals surface area contributed by atoms with Crippen LogP contribution in [0.4, 0.5) is 4.79 Å². The Hall–Kier alpha value is -2.86. The molecule has 1 fully saturated rings. The molecule has 0 aromatic heterocycles. The molecular formula is C30H40N2O4. The molecule has 0 bridgehead atoms. The Balaban J connectivity index is 1.10. The molecule has 36 heavy (non-hydrogen) atoms. The number of hydrogen-bond donors (Lipinski definition) is 2. The third kappa shape index (κ3) is 6.88.